The van der Waals surface area contributed by atoms with Crippen LogP contribution < -0.4 is 0 Å². The fourth-order valence-electron chi connectivity index (χ4n) is 2.69. The van der Waals surface area contributed by atoms with Crippen LogP contribution in [-0.4, -0.2) is 10.1 Å². The molecule has 2 nitrogen and oxygen atoms in total. The second-order valence-electron chi connectivity index (χ2n) is 6.30. The van der Waals surface area contributed by atoms with Gasteiger partial charge in [-0.2, -0.15) is 0 Å². The van der Waals surface area contributed by atoms with Crippen molar-refractivity contribution in [2.45, 2.75) is 46.5 Å². The molecule has 0 fully saturated rings. The van der Waals surface area contributed by atoms with E-state index in [0.29, 0.717) is 5.75 Å². The van der Waals surface area contributed by atoms with Gasteiger partial charge >= 0.3 is 0 Å². The van der Waals surface area contributed by atoms with Gasteiger partial charge in [0.05, 0.1) is 0 Å². The number of benzene rings is 2. The van der Waals surface area contributed by atoms with Crippen LogP contribution >= 0.6 is 0 Å². The molecule has 0 radical (unpaired) electrons. The summed E-state index contributed by atoms with van der Waals surface area (Å²) in [6, 6.07) is 15.8. The number of aromatic hydroxyl groups is 1. The highest BCUT2D eigenvalue weighted by Crippen LogP contribution is 2.18. The van der Waals surface area contributed by atoms with Crippen molar-refractivity contribution in [2.75, 3.05) is 0 Å². The van der Waals surface area contributed by atoms with E-state index >= 15 is 0 Å². The van der Waals surface area contributed by atoms with Gasteiger partial charge in [0, 0.05) is 24.2 Å². The van der Waals surface area contributed by atoms with E-state index in [1.165, 1.54) is 34.9 Å². The third-order valence-electron chi connectivity index (χ3n) is 3.99. The Hall–Kier alpha value is -3.54. The monoisotopic (exact) mass is 393 g/mol. The van der Waals surface area contributed by atoms with Gasteiger partial charge in [-0.3, -0.25) is 0 Å². The number of hydrogen-bond donors (Lipinski definition) is 2. The Balaban J connectivity index is -0.000000119. The molecule has 29 heavy (non-hydrogen) atoms. The van der Waals surface area contributed by atoms with Crippen LogP contribution in [-0.2, 0) is 12.8 Å². The molecule has 2 N–H and O–H groups in total. The maximum atomic E-state index is 8.92. The zero-order valence-corrected chi connectivity index (χ0v) is 17.5. The largest absolute Gasteiger partial charge is 0.508 e. The number of phenolic OH excluding ortho intramolecular Hbond substituents is 1. The van der Waals surface area contributed by atoms with E-state index in [-0.39, 0.29) is 7.13 Å². The molecule has 0 spiro atoms. The van der Waals surface area contributed by atoms with Crippen molar-refractivity contribution < 1.29 is 12.2 Å². The number of nitrogens with one attached hydrogen (secondary N) is 1. The Kier molecular flexibility index (Phi) is 11.8. The summed E-state index contributed by atoms with van der Waals surface area (Å²) < 4.78 is 0. The van der Waals surface area contributed by atoms with Gasteiger partial charge in [0.25, 0.3) is 0 Å². The number of rotatable bonds is 4. The summed E-state index contributed by atoms with van der Waals surface area (Å²) in [5.74, 6) is 12.4. The van der Waals surface area contributed by atoms with Gasteiger partial charge in [-0.15, -0.1) is 6.42 Å². The first-order valence-corrected chi connectivity index (χ1v) is 9.86. The lowest BCUT2D eigenvalue weighted by molar-refractivity contribution is 0.475. The predicted molar refractivity (Wildman–Crippen MR) is 135 cm³/mol. The molecule has 1 aromatic heterocycles. The molecule has 158 valence electrons. The lowest BCUT2D eigenvalue weighted by atomic mass is 10.1. The van der Waals surface area contributed by atoms with Crippen LogP contribution in [0.2, 0.25) is 0 Å². The fraction of sp³-hybridized carbons (Fsp3) is 0.259. The molecular formula is C27H39NO. The summed E-state index contributed by atoms with van der Waals surface area (Å²) in [4.78, 5) is 3.27. The summed E-state index contributed by atoms with van der Waals surface area (Å²) in [6.07, 6.45) is 11.5. The number of H-pyrrole nitrogens is 1. The Morgan fingerprint density at radius 3 is 2.24 bits per heavy atom. The van der Waals surface area contributed by atoms with Gasteiger partial charge in [0.2, 0.25) is 0 Å². The van der Waals surface area contributed by atoms with Crippen LogP contribution in [0.3, 0.4) is 0 Å². The normalized spacial score (nSPS) is 8.62. The SMILES string of the molecule is C#CC#CC#CC.CCCc1c[nH]c2ccccc12.CCCc1ccc(O)cc1.[HH].[HH].[HH].[HH].[HH]. The van der Waals surface area contributed by atoms with Crippen molar-refractivity contribution >= 4 is 10.9 Å². The smallest absolute Gasteiger partial charge is 0.115 e. The van der Waals surface area contributed by atoms with E-state index < -0.39 is 0 Å². The summed E-state index contributed by atoms with van der Waals surface area (Å²) >= 11 is 0. The lowest BCUT2D eigenvalue weighted by Gasteiger charge is -1.96. The van der Waals surface area contributed by atoms with E-state index in [4.69, 9.17) is 11.5 Å². The number of terminal acetylenes is 1. The number of aryl methyl sites for hydroxylation is 2. The Bertz CT molecular complexity index is 1030. The molecule has 0 saturated heterocycles. The Morgan fingerprint density at radius 1 is 0.931 bits per heavy atom. The molecule has 3 rings (SSSR count). The Morgan fingerprint density at radius 2 is 1.62 bits per heavy atom. The molecule has 3 aromatic rings. The molecule has 2 aromatic carbocycles. The van der Waals surface area contributed by atoms with Crippen LogP contribution in [0.15, 0.2) is 54.7 Å². The van der Waals surface area contributed by atoms with Gasteiger partial charge in [-0.1, -0.05) is 62.9 Å². The van der Waals surface area contributed by atoms with E-state index in [0.717, 1.165) is 12.8 Å². The van der Waals surface area contributed by atoms with Crippen LogP contribution in [0.4, 0.5) is 0 Å². The Labute approximate surface area is 182 Å². The van der Waals surface area contributed by atoms with Crippen LogP contribution in [0.5, 0.6) is 5.75 Å². The van der Waals surface area contributed by atoms with Crippen LogP contribution in [0, 0.1) is 36.0 Å². The van der Waals surface area contributed by atoms with Gasteiger partial charge in [0.1, 0.15) is 5.75 Å². The van der Waals surface area contributed by atoms with Crippen molar-refractivity contribution in [1.29, 1.82) is 0 Å². The zero-order chi connectivity index (χ0) is 21.3. The van der Waals surface area contributed by atoms with Gasteiger partial charge in [-0.05, 0) is 72.8 Å². The van der Waals surface area contributed by atoms with Gasteiger partial charge in [-0.25, -0.2) is 0 Å². The molecular weight excluding hydrogens is 354 g/mol. The molecule has 0 saturated carbocycles. The quantitative estimate of drug-likeness (QED) is 0.447. The average Bonchev–Trinajstić information content (AvgIpc) is 3.15. The summed E-state index contributed by atoms with van der Waals surface area (Å²) in [5, 5.41) is 10.3. The van der Waals surface area contributed by atoms with E-state index in [1.54, 1.807) is 19.1 Å². The minimum atomic E-state index is 0. The third kappa shape index (κ3) is 9.28. The molecule has 0 unspecified atom stereocenters. The molecule has 0 aliphatic heterocycles. The third-order valence-corrected chi connectivity index (χ3v) is 3.99. The second kappa shape index (κ2) is 14.5. The lowest BCUT2D eigenvalue weighted by Crippen LogP contribution is -1.79. The first-order valence-electron chi connectivity index (χ1n) is 9.86. The number of phenols is 1. The molecule has 2 heteroatoms. The molecule has 0 amide bonds. The zero-order valence-electron chi connectivity index (χ0n) is 17.5. The van der Waals surface area contributed by atoms with Crippen molar-refractivity contribution in [3.8, 4) is 41.8 Å². The number of para-hydroxylation sites is 1. The molecule has 1 heterocycles. The minimum Gasteiger partial charge on any atom is -0.508 e. The standard InChI is InChI=1S/C11H13N.C9H12O.C7H4.5H2/c1-2-5-9-8-12-11-7-4-3-6-10(9)11;1-2-3-8-4-6-9(10)7-5-8;1-3-5-7-6-4-2;;;;;/h3-4,6-8,12H,2,5H2,1H3;4-7,10H,2-3H2,1H3;1H,2H3;5*1H. The number of fused-ring (bicyclic) bond motifs is 1. The highest BCUT2D eigenvalue weighted by atomic mass is 16.3. The predicted octanol–water partition coefficient (Wildman–Crippen LogP) is 7.34. The number of hydrogen-bond acceptors (Lipinski definition) is 1. The molecule has 0 atom stereocenters. The maximum absolute atomic E-state index is 8.92. The van der Waals surface area contributed by atoms with Crippen molar-refractivity contribution in [3.63, 3.8) is 0 Å². The first-order chi connectivity index (χ1) is 14.2. The minimum absolute atomic E-state index is 0. The van der Waals surface area contributed by atoms with Crippen molar-refractivity contribution in [2.24, 2.45) is 0 Å². The highest BCUT2D eigenvalue weighted by molar-refractivity contribution is 5.82. The highest BCUT2D eigenvalue weighted by Gasteiger charge is 1.99. The summed E-state index contributed by atoms with van der Waals surface area (Å²) in [6.45, 7) is 6.07. The molecule has 0 bridgehead atoms. The van der Waals surface area contributed by atoms with Gasteiger partial charge < -0.3 is 10.1 Å². The fourth-order valence-corrected chi connectivity index (χ4v) is 2.69. The van der Waals surface area contributed by atoms with Gasteiger partial charge in [0.15, 0.2) is 0 Å². The van der Waals surface area contributed by atoms with E-state index in [1.807, 2.05) is 12.1 Å². The first kappa shape index (κ1) is 23.5. The second-order valence-corrected chi connectivity index (χ2v) is 6.30. The number of aromatic nitrogens is 1. The molecule has 0 aliphatic carbocycles. The van der Waals surface area contributed by atoms with Crippen molar-refractivity contribution in [3.05, 3.63) is 65.9 Å². The van der Waals surface area contributed by atoms with E-state index in [2.05, 4.69) is 78.9 Å². The summed E-state index contributed by atoms with van der Waals surface area (Å²) in [5.41, 5.74) is 3.98. The molecule has 0 aliphatic rings. The van der Waals surface area contributed by atoms with Crippen LogP contribution in [0.1, 0.15) is 51.9 Å². The topological polar surface area (TPSA) is 36.0 Å². The van der Waals surface area contributed by atoms with Crippen LogP contribution in [0.25, 0.3) is 10.9 Å². The average molecular weight is 394 g/mol. The van der Waals surface area contributed by atoms with Crippen molar-refractivity contribution in [1.82, 2.24) is 4.98 Å². The summed E-state index contributed by atoms with van der Waals surface area (Å²) in [7, 11) is 0. The van der Waals surface area contributed by atoms with E-state index in [9.17, 15) is 0 Å². The number of aromatic amines is 1. The maximum Gasteiger partial charge on any atom is 0.115 e.